The molecular formula is C67H57BN2O3. The zero-order valence-electron chi connectivity index (χ0n) is 42.9. The van der Waals surface area contributed by atoms with Crippen LogP contribution < -0.4 is 30.6 Å². The number of rotatable bonds is 5. The average molecular weight is 949 g/mol. The van der Waals surface area contributed by atoms with E-state index in [0.29, 0.717) is 30.3 Å². The molecule has 3 heterocycles. The molecule has 1 aromatic heterocycles. The van der Waals surface area contributed by atoms with Crippen molar-refractivity contribution in [2.45, 2.75) is 84.5 Å². The van der Waals surface area contributed by atoms with Crippen molar-refractivity contribution in [1.29, 1.82) is 0 Å². The first-order valence-electron chi connectivity index (χ1n) is 26.0. The molecule has 4 aliphatic rings. The Morgan fingerprint density at radius 2 is 1.19 bits per heavy atom. The van der Waals surface area contributed by atoms with Gasteiger partial charge in [0.25, 0.3) is 0 Å². The maximum atomic E-state index is 7.27. The lowest BCUT2D eigenvalue weighted by atomic mass is 9.57. The van der Waals surface area contributed by atoms with E-state index in [1.165, 1.54) is 55.5 Å². The molecule has 0 saturated carbocycles. The van der Waals surface area contributed by atoms with E-state index < -0.39 is 0 Å². The van der Waals surface area contributed by atoms with Crippen LogP contribution in [0.4, 0.5) is 28.4 Å². The number of benzene rings is 9. The molecule has 0 atom stereocenters. The standard InChI is InChI=1S/C67H57BN2O3/c1-38-26-29-51(45(32-38)40-18-10-9-11-19-40)69-63-44(28-27-43-41-20-12-14-22-47(41)67(7,8)61(43)63)60-62-54(34-46-42-21-13-15-23-55(42)73-64(46)60)70(52-35-49-48(33-39(52)2)65(3,4)30-31-66(49,5)6)53-37-59-58(36-50(53)68-62)71-56-24-16-17-25-57(56)72-59/h9-29,32-37,68-69H,30-31H2,1-8H3. The molecule has 0 amide bonds. The van der Waals surface area contributed by atoms with Gasteiger partial charge in [-0.2, -0.15) is 0 Å². The Kier molecular flexibility index (Phi) is 9.32. The number of nitrogens with one attached hydrogen (secondary N) is 1. The molecule has 0 radical (unpaired) electrons. The fourth-order valence-corrected chi connectivity index (χ4v) is 13.0. The predicted octanol–water partition coefficient (Wildman–Crippen LogP) is 17.0. The third kappa shape index (κ3) is 6.55. The number of hydrogen-bond acceptors (Lipinski definition) is 5. The van der Waals surface area contributed by atoms with E-state index in [1.54, 1.807) is 0 Å². The van der Waals surface area contributed by atoms with Gasteiger partial charge in [-0.05, 0) is 136 Å². The molecule has 0 spiro atoms. The first kappa shape index (κ1) is 43.8. The van der Waals surface area contributed by atoms with Gasteiger partial charge in [0.05, 0.1) is 5.69 Å². The highest BCUT2D eigenvalue weighted by atomic mass is 16.6. The SMILES string of the molecule is Cc1ccc(Nc2c(-c3c4c(cc5c3oc3ccccc35)N(c3cc5c(cc3C)C(C)(C)CCC5(C)C)c3cc5c(cc3B4)Oc3ccccc3O5)ccc3c2C(C)(C)c2ccccc2-3)c(-c2ccccc2)c1. The lowest BCUT2D eigenvalue weighted by Crippen LogP contribution is -2.41. The monoisotopic (exact) mass is 948 g/mol. The molecular weight excluding hydrogens is 892 g/mol. The van der Waals surface area contributed by atoms with Crippen molar-refractivity contribution in [3.8, 4) is 56.4 Å². The lowest BCUT2D eigenvalue weighted by molar-refractivity contribution is 0.332. The van der Waals surface area contributed by atoms with Crippen LogP contribution in [-0.4, -0.2) is 7.28 Å². The zero-order valence-corrected chi connectivity index (χ0v) is 42.9. The van der Waals surface area contributed by atoms with Gasteiger partial charge in [-0.1, -0.05) is 162 Å². The van der Waals surface area contributed by atoms with E-state index in [4.69, 9.17) is 13.9 Å². The van der Waals surface area contributed by atoms with Crippen molar-refractivity contribution in [2.75, 3.05) is 10.2 Å². The van der Waals surface area contributed by atoms with Gasteiger partial charge in [0.1, 0.15) is 11.2 Å². The van der Waals surface area contributed by atoms with Gasteiger partial charge in [-0.3, -0.25) is 0 Å². The molecule has 1 N–H and O–H groups in total. The summed E-state index contributed by atoms with van der Waals surface area (Å²) >= 11 is 0. The zero-order chi connectivity index (χ0) is 49.7. The topological polar surface area (TPSA) is 46.9 Å². The number of para-hydroxylation sites is 3. The van der Waals surface area contributed by atoms with Crippen LogP contribution in [0.5, 0.6) is 23.0 Å². The van der Waals surface area contributed by atoms with E-state index in [2.05, 4.69) is 205 Å². The van der Waals surface area contributed by atoms with Gasteiger partial charge >= 0.3 is 0 Å². The molecule has 356 valence electrons. The van der Waals surface area contributed by atoms with Crippen LogP contribution in [-0.2, 0) is 16.2 Å². The van der Waals surface area contributed by atoms with E-state index in [-0.39, 0.29) is 16.2 Å². The van der Waals surface area contributed by atoms with E-state index in [9.17, 15) is 0 Å². The van der Waals surface area contributed by atoms with Crippen molar-refractivity contribution in [2.24, 2.45) is 0 Å². The third-order valence-electron chi connectivity index (χ3n) is 17.0. The van der Waals surface area contributed by atoms with E-state index in [1.807, 2.05) is 24.3 Å². The summed E-state index contributed by atoms with van der Waals surface area (Å²) in [7, 11) is 0.629. The largest absolute Gasteiger partial charge is 0.455 e. The second kappa shape index (κ2) is 15.5. The van der Waals surface area contributed by atoms with Gasteiger partial charge in [-0.15, -0.1) is 0 Å². The van der Waals surface area contributed by atoms with Crippen LogP contribution >= 0.6 is 0 Å². The molecule has 73 heavy (non-hydrogen) atoms. The first-order chi connectivity index (χ1) is 35.2. The van der Waals surface area contributed by atoms with Crippen molar-refractivity contribution >= 4 is 68.6 Å². The molecule has 14 rings (SSSR count). The number of furan rings is 1. The van der Waals surface area contributed by atoms with Crippen molar-refractivity contribution < 1.29 is 13.9 Å². The summed E-state index contributed by atoms with van der Waals surface area (Å²) in [6.07, 6.45) is 2.27. The average Bonchev–Trinajstić information content (AvgIpc) is 3.87. The van der Waals surface area contributed by atoms with E-state index in [0.717, 1.165) is 85.4 Å². The summed E-state index contributed by atoms with van der Waals surface area (Å²) in [5.74, 6) is 2.85. The highest BCUT2D eigenvalue weighted by molar-refractivity contribution is 6.74. The highest BCUT2D eigenvalue weighted by Crippen LogP contribution is 2.57. The molecule has 2 aliphatic heterocycles. The summed E-state index contributed by atoms with van der Waals surface area (Å²) in [6, 6.07) is 59.7. The van der Waals surface area contributed by atoms with Gasteiger partial charge < -0.3 is 24.1 Å². The summed E-state index contributed by atoms with van der Waals surface area (Å²) in [6.45, 7) is 18.9. The van der Waals surface area contributed by atoms with Gasteiger partial charge in [0, 0.05) is 61.7 Å². The van der Waals surface area contributed by atoms with Crippen LogP contribution in [0.2, 0.25) is 0 Å². The Bertz CT molecular complexity index is 3990. The Labute approximate surface area is 428 Å². The Morgan fingerprint density at radius 1 is 0.521 bits per heavy atom. The van der Waals surface area contributed by atoms with Gasteiger partial charge in [0.2, 0.25) is 0 Å². The van der Waals surface area contributed by atoms with E-state index >= 15 is 0 Å². The third-order valence-corrected chi connectivity index (χ3v) is 17.0. The molecule has 6 heteroatoms. The summed E-state index contributed by atoms with van der Waals surface area (Å²) in [5.41, 5.74) is 24.2. The number of aryl methyl sites for hydroxylation is 2. The highest BCUT2D eigenvalue weighted by Gasteiger charge is 2.42. The van der Waals surface area contributed by atoms with Crippen molar-refractivity contribution in [1.82, 2.24) is 0 Å². The summed E-state index contributed by atoms with van der Waals surface area (Å²) < 4.78 is 20.7. The minimum Gasteiger partial charge on any atom is -0.455 e. The lowest BCUT2D eigenvalue weighted by Gasteiger charge is -2.44. The maximum absolute atomic E-state index is 7.27. The molecule has 0 saturated heterocycles. The Morgan fingerprint density at radius 3 is 1.97 bits per heavy atom. The maximum Gasteiger partial charge on any atom is 0.198 e. The molecule has 0 bridgehead atoms. The van der Waals surface area contributed by atoms with Crippen LogP contribution in [0.25, 0.3) is 55.3 Å². The number of nitrogens with zero attached hydrogens (tertiary/aromatic N) is 1. The molecule has 0 unspecified atom stereocenters. The normalized spacial score (nSPS) is 15.9. The Balaban J connectivity index is 1.09. The second-order valence-electron chi connectivity index (χ2n) is 22.9. The second-order valence-corrected chi connectivity index (χ2v) is 22.9. The van der Waals surface area contributed by atoms with Crippen LogP contribution in [0.3, 0.4) is 0 Å². The fraction of sp³-hybridized carbons (Fsp3) is 0.194. The summed E-state index contributed by atoms with van der Waals surface area (Å²) in [4.78, 5) is 2.55. The smallest absolute Gasteiger partial charge is 0.198 e. The van der Waals surface area contributed by atoms with Crippen molar-refractivity contribution in [3.05, 3.63) is 197 Å². The van der Waals surface area contributed by atoms with Crippen LogP contribution in [0.1, 0.15) is 87.8 Å². The molecule has 9 aromatic carbocycles. The van der Waals surface area contributed by atoms with Crippen LogP contribution in [0, 0.1) is 13.8 Å². The minimum atomic E-state index is -0.337. The molecule has 0 fully saturated rings. The molecule has 2 aliphatic carbocycles. The molecule has 5 nitrogen and oxygen atoms in total. The summed E-state index contributed by atoms with van der Waals surface area (Å²) in [5, 5.41) is 6.41. The number of anilines is 5. The predicted molar refractivity (Wildman–Crippen MR) is 304 cm³/mol. The van der Waals surface area contributed by atoms with Crippen LogP contribution in [0.15, 0.2) is 168 Å². The van der Waals surface area contributed by atoms with Gasteiger partial charge in [0.15, 0.2) is 30.3 Å². The Hall–Kier alpha value is -7.96. The fourth-order valence-electron chi connectivity index (χ4n) is 13.0. The van der Waals surface area contributed by atoms with Gasteiger partial charge in [-0.25, -0.2) is 0 Å². The number of ether oxygens (including phenoxy) is 2. The van der Waals surface area contributed by atoms with Crippen molar-refractivity contribution in [3.63, 3.8) is 0 Å². The minimum absolute atomic E-state index is 0.00884. The number of hydrogen-bond donors (Lipinski definition) is 1. The number of fused-ring (bicyclic) bond motifs is 11. The first-order valence-corrected chi connectivity index (χ1v) is 26.0. The molecule has 10 aromatic rings. The quantitative estimate of drug-likeness (QED) is 0.174.